The fourth-order valence-electron chi connectivity index (χ4n) is 2.98. The van der Waals surface area contributed by atoms with Crippen LogP contribution in [0.4, 0.5) is 8.78 Å². The molecule has 4 nitrogen and oxygen atoms in total. The molecule has 7 heteroatoms. The lowest BCUT2D eigenvalue weighted by molar-refractivity contribution is 0.160. The van der Waals surface area contributed by atoms with E-state index in [-0.39, 0.29) is 6.54 Å². The monoisotopic (exact) mass is 352 g/mol. The van der Waals surface area contributed by atoms with Gasteiger partial charge in [0, 0.05) is 19.6 Å². The second-order valence-corrected chi connectivity index (χ2v) is 7.68. The molecule has 0 saturated carbocycles. The molecule has 0 aromatic heterocycles. The van der Waals surface area contributed by atoms with Gasteiger partial charge in [-0.25, -0.2) is 17.2 Å². The average Bonchev–Trinajstić information content (AvgIpc) is 2.55. The maximum atomic E-state index is 14.1. The van der Waals surface area contributed by atoms with Crippen LogP contribution in [0.25, 0.3) is 0 Å². The van der Waals surface area contributed by atoms with E-state index in [9.17, 15) is 17.2 Å². The Morgan fingerprint density at radius 3 is 2.21 bits per heavy atom. The van der Waals surface area contributed by atoms with E-state index < -0.39 is 32.6 Å². The third kappa shape index (κ3) is 3.07. The molecule has 1 fully saturated rings. The molecule has 0 unspecified atom stereocenters. The Labute approximate surface area is 140 Å². The van der Waals surface area contributed by atoms with Crippen molar-refractivity contribution in [3.63, 3.8) is 0 Å². The first kappa shape index (κ1) is 17.0. The van der Waals surface area contributed by atoms with Crippen LogP contribution < -0.4 is 0 Å². The number of benzene rings is 2. The molecule has 0 aliphatic carbocycles. The van der Waals surface area contributed by atoms with Crippen LogP contribution in [0.3, 0.4) is 0 Å². The topological polar surface area (TPSA) is 40.6 Å². The molecule has 0 radical (unpaired) electrons. The molecule has 0 N–H and O–H groups in total. The van der Waals surface area contributed by atoms with Crippen molar-refractivity contribution in [1.82, 2.24) is 9.21 Å². The first-order chi connectivity index (χ1) is 11.4. The summed E-state index contributed by atoms with van der Waals surface area (Å²) in [5, 5.41) is 0. The van der Waals surface area contributed by atoms with Crippen LogP contribution in [0.15, 0.2) is 53.4 Å². The highest BCUT2D eigenvalue weighted by molar-refractivity contribution is 7.89. The number of likely N-dealkylation sites (N-methyl/N-ethyl adjacent to an activating group) is 1. The largest absolute Gasteiger partial charge is 0.303 e. The Bertz CT molecular complexity index is 807. The van der Waals surface area contributed by atoms with Crippen LogP contribution in [-0.4, -0.2) is 44.3 Å². The molecule has 128 valence electrons. The number of piperazine rings is 1. The Kier molecular flexibility index (Phi) is 4.67. The molecule has 1 heterocycles. The highest BCUT2D eigenvalue weighted by Gasteiger charge is 2.38. The molecule has 0 bridgehead atoms. The van der Waals surface area contributed by atoms with E-state index in [2.05, 4.69) is 0 Å². The first-order valence-corrected chi connectivity index (χ1v) is 9.04. The van der Waals surface area contributed by atoms with Crippen LogP contribution in [-0.2, 0) is 10.0 Å². The summed E-state index contributed by atoms with van der Waals surface area (Å²) >= 11 is 0. The fourth-order valence-corrected chi connectivity index (χ4v) is 4.69. The summed E-state index contributed by atoms with van der Waals surface area (Å²) in [6, 6.07) is 11.7. The van der Waals surface area contributed by atoms with E-state index in [0.717, 1.165) is 23.8 Å². The Morgan fingerprint density at radius 1 is 0.958 bits per heavy atom. The van der Waals surface area contributed by atoms with Gasteiger partial charge in [0.1, 0.15) is 11.6 Å². The van der Waals surface area contributed by atoms with E-state index >= 15 is 0 Å². The summed E-state index contributed by atoms with van der Waals surface area (Å²) in [5.41, 5.74) is 0.796. The van der Waals surface area contributed by atoms with Gasteiger partial charge < -0.3 is 4.90 Å². The third-order valence-corrected chi connectivity index (χ3v) is 6.16. The second kappa shape index (κ2) is 6.58. The summed E-state index contributed by atoms with van der Waals surface area (Å²) in [6.07, 6.45) is 0. The molecule has 1 atom stereocenters. The molecule has 2 aromatic rings. The van der Waals surface area contributed by atoms with Gasteiger partial charge in [0.05, 0.1) is 6.04 Å². The van der Waals surface area contributed by atoms with E-state index in [0.29, 0.717) is 13.1 Å². The molecule has 1 aliphatic rings. The number of hydrogen-bond donors (Lipinski definition) is 0. The molecule has 2 aromatic carbocycles. The van der Waals surface area contributed by atoms with E-state index in [1.807, 2.05) is 42.3 Å². The highest BCUT2D eigenvalue weighted by Crippen LogP contribution is 2.32. The van der Waals surface area contributed by atoms with Crippen molar-refractivity contribution in [2.75, 3.05) is 26.7 Å². The number of halogens is 2. The van der Waals surface area contributed by atoms with Crippen LogP contribution in [0.2, 0.25) is 0 Å². The molecule has 0 spiro atoms. The van der Waals surface area contributed by atoms with Gasteiger partial charge in [-0.2, -0.15) is 4.31 Å². The van der Waals surface area contributed by atoms with Crippen LogP contribution in [0.5, 0.6) is 0 Å². The van der Waals surface area contributed by atoms with Crippen molar-refractivity contribution in [2.45, 2.75) is 10.9 Å². The van der Waals surface area contributed by atoms with Crippen molar-refractivity contribution in [3.8, 4) is 0 Å². The van der Waals surface area contributed by atoms with Crippen LogP contribution in [0, 0.1) is 11.6 Å². The highest BCUT2D eigenvalue weighted by atomic mass is 32.2. The minimum Gasteiger partial charge on any atom is -0.303 e. The van der Waals surface area contributed by atoms with Gasteiger partial charge in [0.2, 0.25) is 10.0 Å². The van der Waals surface area contributed by atoms with Crippen molar-refractivity contribution in [3.05, 3.63) is 65.7 Å². The Morgan fingerprint density at radius 2 is 1.58 bits per heavy atom. The van der Waals surface area contributed by atoms with Crippen molar-refractivity contribution in [2.24, 2.45) is 0 Å². The number of sulfonamides is 1. The molecule has 0 amide bonds. The smallest absolute Gasteiger partial charge is 0.249 e. The molecule has 24 heavy (non-hydrogen) atoms. The lowest BCUT2D eigenvalue weighted by Gasteiger charge is -2.39. The Balaban J connectivity index is 2.08. The van der Waals surface area contributed by atoms with E-state index in [4.69, 9.17) is 0 Å². The number of nitrogens with zero attached hydrogens (tertiary/aromatic N) is 2. The number of hydrogen-bond acceptors (Lipinski definition) is 3. The molecular formula is C17H18F2N2O2S. The second-order valence-electron chi connectivity index (χ2n) is 5.86. The van der Waals surface area contributed by atoms with E-state index in [1.165, 1.54) is 4.31 Å². The first-order valence-electron chi connectivity index (χ1n) is 7.60. The minimum atomic E-state index is -4.29. The van der Waals surface area contributed by atoms with Crippen molar-refractivity contribution >= 4 is 10.0 Å². The van der Waals surface area contributed by atoms with Crippen molar-refractivity contribution < 1.29 is 17.2 Å². The van der Waals surface area contributed by atoms with Gasteiger partial charge in [-0.3, -0.25) is 0 Å². The predicted octanol–water partition coefficient (Wildman–Crippen LogP) is 2.64. The third-order valence-electron chi connectivity index (χ3n) is 4.20. The maximum absolute atomic E-state index is 14.1. The van der Waals surface area contributed by atoms with Gasteiger partial charge in [-0.15, -0.1) is 0 Å². The zero-order chi connectivity index (χ0) is 17.3. The summed E-state index contributed by atoms with van der Waals surface area (Å²) < 4.78 is 55.2. The Hall–Kier alpha value is -1.83. The average molecular weight is 352 g/mol. The minimum absolute atomic E-state index is 0.173. The lowest BCUT2D eigenvalue weighted by atomic mass is 10.1. The predicted molar refractivity (Wildman–Crippen MR) is 86.9 cm³/mol. The molecular weight excluding hydrogens is 334 g/mol. The maximum Gasteiger partial charge on any atom is 0.249 e. The summed E-state index contributed by atoms with van der Waals surface area (Å²) in [5.74, 6) is -2.14. The SMILES string of the molecule is CN1CCN(S(=O)(=O)c2c(F)cccc2F)[C@H](c2ccccc2)C1. The van der Waals surface area contributed by atoms with Crippen LogP contribution >= 0.6 is 0 Å². The zero-order valence-corrected chi connectivity index (χ0v) is 14.0. The zero-order valence-electron chi connectivity index (χ0n) is 13.2. The number of rotatable bonds is 3. The standard InChI is InChI=1S/C17H18F2N2O2S/c1-20-10-11-21(16(12-20)13-6-3-2-4-7-13)24(22,23)17-14(18)8-5-9-15(17)19/h2-9,16H,10-12H2,1H3/t16-/m0/s1. The lowest BCUT2D eigenvalue weighted by Crippen LogP contribution is -2.49. The fraction of sp³-hybridized carbons (Fsp3) is 0.294. The summed E-state index contributed by atoms with van der Waals surface area (Å²) in [4.78, 5) is 1.12. The molecule has 1 aliphatic heterocycles. The summed E-state index contributed by atoms with van der Waals surface area (Å²) in [7, 11) is -2.40. The van der Waals surface area contributed by atoms with Gasteiger partial charge in [-0.05, 0) is 24.7 Å². The summed E-state index contributed by atoms with van der Waals surface area (Å²) in [6.45, 7) is 1.13. The van der Waals surface area contributed by atoms with Crippen LogP contribution in [0.1, 0.15) is 11.6 Å². The van der Waals surface area contributed by atoms with Gasteiger partial charge in [0.15, 0.2) is 4.90 Å². The van der Waals surface area contributed by atoms with E-state index in [1.54, 1.807) is 0 Å². The van der Waals surface area contributed by atoms with Gasteiger partial charge >= 0.3 is 0 Å². The normalized spacial score (nSPS) is 20.2. The van der Waals surface area contributed by atoms with Gasteiger partial charge in [0.25, 0.3) is 0 Å². The quantitative estimate of drug-likeness (QED) is 0.853. The van der Waals surface area contributed by atoms with Gasteiger partial charge in [-0.1, -0.05) is 36.4 Å². The molecule has 1 saturated heterocycles. The molecule has 3 rings (SSSR count). The van der Waals surface area contributed by atoms with Crippen molar-refractivity contribution in [1.29, 1.82) is 0 Å².